The van der Waals surface area contributed by atoms with Crippen LogP contribution in [0.4, 0.5) is 29.1 Å². The summed E-state index contributed by atoms with van der Waals surface area (Å²) in [7, 11) is 0. The molecule has 160 valence electrons. The monoisotopic (exact) mass is 432 g/mol. The van der Waals surface area contributed by atoms with E-state index in [0.29, 0.717) is 5.69 Å². The molecule has 4 rings (SSSR count). The fourth-order valence-electron chi connectivity index (χ4n) is 3.47. The van der Waals surface area contributed by atoms with Crippen LogP contribution in [0.15, 0.2) is 54.9 Å². The zero-order valence-corrected chi connectivity index (χ0v) is 16.2. The zero-order valence-electron chi connectivity index (χ0n) is 16.2. The molecule has 0 aliphatic carbocycles. The highest BCUT2D eigenvalue weighted by atomic mass is 19.4. The molecule has 0 saturated heterocycles. The first kappa shape index (κ1) is 20.6. The summed E-state index contributed by atoms with van der Waals surface area (Å²) >= 11 is 0. The normalized spacial score (nSPS) is 16.2. The molecule has 0 radical (unpaired) electrons. The van der Waals surface area contributed by atoms with Crippen LogP contribution >= 0.6 is 0 Å². The molecule has 0 saturated carbocycles. The quantitative estimate of drug-likeness (QED) is 0.619. The van der Waals surface area contributed by atoms with Gasteiger partial charge in [-0.25, -0.2) is 9.37 Å². The average molecular weight is 432 g/mol. The highest BCUT2D eigenvalue weighted by molar-refractivity contribution is 6.15. The van der Waals surface area contributed by atoms with Crippen LogP contribution in [0.2, 0.25) is 0 Å². The molecule has 0 bridgehead atoms. The van der Waals surface area contributed by atoms with E-state index < -0.39 is 29.4 Å². The number of alkyl halides is 3. The van der Waals surface area contributed by atoms with Crippen LogP contribution in [0.5, 0.6) is 0 Å². The number of hydrogen-bond acceptors (Lipinski definition) is 3. The van der Waals surface area contributed by atoms with Gasteiger partial charge in [-0.15, -0.1) is 0 Å². The third kappa shape index (κ3) is 3.88. The van der Waals surface area contributed by atoms with Crippen LogP contribution in [0, 0.1) is 5.82 Å². The fraction of sp³-hybridized carbons (Fsp3) is 0.190. The molecule has 0 unspecified atom stereocenters. The highest BCUT2D eigenvalue weighted by Gasteiger charge is 2.35. The Morgan fingerprint density at radius 3 is 2.45 bits per heavy atom. The smallest absolute Gasteiger partial charge is 0.338 e. The maximum absolute atomic E-state index is 13.2. The lowest BCUT2D eigenvalue weighted by molar-refractivity contribution is -0.137. The molecule has 3 heterocycles. The number of carbonyl (C=O) groups is 2. The maximum Gasteiger partial charge on any atom is 0.416 e. The summed E-state index contributed by atoms with van der Waals surface area (Å²) in [4.78, 5) is 31.0. The molecule has 2 amide bonds. The van der Waals surface area contributed by atoms with Crippen molar-refractivity contribution >= 4 is 23.3 Å². The van der Waals surface area contributed by atoms with E-state index in [4.69, 9.17) is 0 Å². The van der Waals surface area contributed by atoms with Crippen LogP contribution in [-0.2, 0) is 6.18 Å². The standard InChI is InChI=1S/C21H16F4N4O2/c1-12-11-29(15-5-2-13(3-6-15)21(23,24)25)20(31)18-16(8-9-28(12)18)19(30)27-17-7-4-14(22)10-26-17/h2-10,12H,11H2,1H3,(H,26,27,30)/t12-/m0/s1. The lowest BCUT2D eigenvalue weighted by atomic mass is 10.1. The predicted octanol–water partition coefficient (Wildman–Crippen LogP) is 4.51. The number of amides is 2. The molecule has 3 aromatic rings. The second-order valence-corrected chi connectivity index (χ2v) is 7.11. The van der Waals surface area contributed by atoms with Crippen molar-refractivity contribution in [1.82, 2.24) is 9.55 Å². The van der Waals surface area contributed by atoms with E-state index in [2.05, 4.69) is 10.3 Å². The Hall–Kier alpha value is -3.69. The number of hydrogen-bond donors (Lipinski definition) is 1. The van der Waals surface area contributed by atoms with Gasteiger partial charge in [0.25, 0.3) is 11.8 Å². The number of anilines is 2. The Bertz CT molecular complexity index is 1140. The number of carbonyl (C=O) groups excluding carboxylic acids is 2. The van der Waals surface area contributed by atoms with Gasteiger partial charge >= 0.3 is 6.18 Å². The number of benzene rings is 1. The Labute approximate surface area is 174 Å². The van der Waals surface area contributed by atoms with Crippen LogP contribution < -0.4 is 10.2 Å². The number of nitrogens with zero attached hydrogens (tertiary/aromatic N) is 3. The molecule has 1 aromatic carbocycles. The molecule has 10 heteroatoms. The topological polar surface area (TPSA) is 67.2 Å². The van der Waals surface area contributed by atoms with Crippen molar-refractivity contribution in [3.05, 3.63) is 77.5 Å². The van der Waals surface area contributed by atoms with E-state index >= 15 is 0 Å². The number of pyridine rings is 1. The summed E-state index contributed by atoms with van der Waals surface area (Å²) < 4.78 is 53.2. The van der Waals surface area contributed by atoms with E-state index in [1.54, 1.807) is 10.8 Å². The molecule has 1 N–H and O–H groups in total. The van der Waals surface area contributed by atoms with Crippen molar-refractivity contribution in [3.8, 4) is 0 Å². The summed E-state index contributed by atoms with van der Waals surface area (Å²) in [6.45, 7) is 2.06. The first-order chi connectivity index (χ1) is 14.6. The molecule has 0 spiro atoms. The van der Waals surface area contributed by atoms with E-state index in [0.717, 1.165) is 24.4 Å². The third-order valence-corrected chi connectivity index (χ3v) is 5.00. The van der Waals surface area contributed by atoms with E-state index in [-0.39, 0.29) is 29.7 Å². The van der Waals surface area contributed by atoms with Gasteiger partial charge < -0.3 is 14.8 Å². The van der Waals surface area contributed by atoms with E-state index in [1.165, 1.54) is 29.2 Å². The maximum atomic E-state index is 13.2. The minimum atomic E-state index is -4.48. The van der Waals surface area contributed by atoms with Gasteiger partial charge in [0.1, 0.15) is 17.3 Å². The van der Waals surface area contributed by atoms with E-state index in [9.17, 15) is 27.2 Å². The fourth-order valence-corrected chi connectivity index (χ4v) is 3.47. The van der Waals surface area contributed by atoms with Crippen molar-refractivity contribution in [3.63, 3.8) is 0 Å². The predicted molar refractivity (Wildman–Crippen MR) is 104 cm³/mol. The lowest BCUT2D eigenvalue weighted by Gasteiger charge is -2.33. The first-order valence-electron chi connectivity index (χ1n) is 9.28. The van der Waals surface area contributed by atoms with E-state index in [1.807, 2.05) is 6.92 Å². The largest absolute Gasteiger partial charge is 0.416 e. The molecular weight excluding hydrogens is 416 g/mol. The number of rotatable bonds is 3. The third-order valence-electron chi connectivity index (χ3n) is 5.00. The molecule has 1 aliphatic heterocycles. The highest BCUT2D eigenvalue weighted by Crippen LogP contribution is 2.33. The molecule has 0 fully saturated rings. The Morgan fingerprint density at radius 2 is 1.84 bits per heavy atom. The number of fused-ring (bicyclic) bond motifs is 1. The van der Waals surface area contributed by atoms with Crippen LogP contribution in [-0.4, -0.2) is 27.9 Å². The van der Waals surface area contributed by atoms with Crippen molar-refractivity contribution in [1.29, 1.82) is 0 Å². The van der Waals surface area contributed by atoms with Crippen molar-refractivity contribution in [2.45, 2.75) is 19.1 Å². The first-order valence-corrected chi connectivity index (χ1v) is 9.28. The summed E-state index contributed by atoms with van der Waals surface area (Å²) in [5.74, 6) is -1.57. The second kappa shape index (κ2) is 7.53. The summed E-state index contributed by atoms with van der Waals surface area (Å²) in [6, 6.07) is 7.97. The molecular formula is C21H16F4N4O2. The zero-order chi connectivity index (χ0) is 22.3. The second-order valence-electron chi connectivity index (χ2n) is 7.11. The van der Waals surface area contributed by atoms with Gasteiger partial charge in [-0.3, -0.25) is 9.59 Å². The van der Waals surface area contributed by atoms with Crippen LogP contribution in [0.3, 0.4) is 0 Å². The Balaban J connectivity index is 1.64. The van der Waals surface area contributed by atoms with Gasteiger partial charge in [-0.05, 0) is 49.4 Å². The Morgan fingerprint density at radius 1 is 1.13 bits per heavy atom. The van der Waals surface area contributed by atoms with Gasteiger partial charge in [-0.2, -0.15) is 13.2 Å². The van der Waals surface area contributed by atoms with Gasteiger partial charge in [0.15, 0.2) is 0 Å². The summed E-state index contributed by atoms with van der Waals surface area (Å²) in [6.07, 6.45) is -1.93. The average Bonchev–Trinajstić information content (AvgIpc) is 3.18. The van der Waals surface area contributed by atoms with Crippen LogP contribution in [0.1, 0.15) is 39.4 Å². The SMILES string of the molecule is C[C@H]1CN(c2ccc(C(F)(F)F)cc2)C(=O)c2c(C(=O)Nc3ccc(F)cn3)ccn21. The number of aromatic nitrogens is 2. The van der Waals surface area contributed by atoms with Crippen molar-refractivity contribution in [2.24, 2.45) is 0 Å². The Kier molecular flexibility index (Phi) is 5.00. The van der Waals surface area contributed by atoms with Gasteiger partial charge in [-0.1, -0.05) is 0 Å². The van der Waals surface area contributed by atoms with Gasteiger partial charge in [0.05, 0.1) is 17.3 Å². The lowest BCUT2D eigenvalue weighted by Crippen LogP contribution is -2.43. The van der Waals surface area contributed by atoms with Crippen molar-refractivity contribution < 1.29 is 27.2 Å². The molecule has 2 aromatic heterocycles. The number of nitrogens with one attached hydrogen (secondary N) is 1. The summed E-state index contributed by atoms with van der Waals surface area (Å²) in [5.41, 5.74) is -0.328. The van der Waals surface area contributed by atoms with Crippen molar-refractivity contribution in [2.75, 3.05) is 16.8 Å². The minimum absolute atomic E-state index is 0.0830. The summed E-state index contributed by atoms with van der Waals surface area (Å²) in [5, 5.41) is 2.51. The van der Waals surface area contributed by atoms with Gasteiger partial charge in [0.2, 0.25) is 0 Å². The molecule has 1 aliphatic rings. The minimum Gasteiger partial charge on any atom is -0.338 e. The molecule has 1 atom stereocenters. The van der Waals surface area contributed by atoms with Gasteiger partial charge in [0, 0.05) is 24.5 Å². The molecule has 31 heavy (non-hydrogen) atoms. The number of halogens is 4. The molecule has 6 nitrogen and oxygen atoms in total. The van der Waals surface area contributed by atoms with Crippen LogP contribution in [0.25, 0.3) is 0 Å².